The van der Waals surface area contributed by atoms with Crippen LogP contribution in [0.1, 0.15) is 96.0 Å². The lowest BCUT2D eigenvalue weighted by atomic mass is 9.82. The third-order valence-electron chi connectivity index (χ3n) is 8.19. The summed E-state index contributed by atoms with van der Waals surface area (Å²) in [6.45, 7) is 5.53. The molecule has 2 nitrogen and oxygen atoms in total. The van der Waals surface area contributed by atoms with E-state index in [1.807, 2.05) is 6.92 Å². The van der Waals surface area contributed by atoms with Gasteiger partial charge in [0.2, 0.25) is 5.82 Å². The first-order valence-electron chi connectivity index (χ1n) is 13.0. The Balaban J connectivity index is 1.25. The van der Waals surface area contributed by atoms with Crippen molar-refractivity contribution in [2.24, 2.45) is 17.8 Å². The van der Waals surface area contributed by atoms with Gasteiger partial charge >= 0.3 is 0 Å². The van der Waals surface area contributed by atoms with Gasteiger partial charge < -0.3 is 9.47 Å². The van der Waals surface area contributed by atoms with Gasteiger partial charge in [0, 0.05) is 0 Å². The average Bonchev–Trinajstić information content (AvgIpc) is 3.39. The van der Waals surface area contributed by atoms with Crippen molar-refractivity contribution in [3.8, 4) is 5.75 Å². The molecule has 0 radical (unpaired) electrons. The molecule has 32 heavy (non-hydrogen) atoms. The summed E-state index contributed by atoms with van der Waals surface area (Å²) in [5.41, 5.74) is 2.03. The van der Waals surface area contributed by atoms with Crippen molar-refractivity contribution in [3.63, 3.8) is 0 Å². The van der Waals surface area contributed by atoms with E-state index < -0.39 is 11.6 Å². The van der Waals surface area contributed by atoms with Crippen LogP contribution in [0.2, 0.25) is 0 Å². The minimum atomic E-state index is -0.836. The lowest BCUT2D eigenvalue weighted by molar-refractivity contribution is 0.0348. The minimum absolute atomic E-state index is 0.0351. The fourth-order valence-corrected chi connectivity index (χ4v) is 6.36. The normalized spacial score (nSPS) is 29.8. The molecule has 3 aliphatic carbocycles. The largest absolute Gasteiger partial charge is 0.490 e. The van der Waals surface area contributed by atoms with E-state index in [0.717, 1.165) is 62.9 Å². The molecule has 4 rings (SSSR count). The molecule has 1 aromatic rings. The van der Waals surface area contributed by atoms with E-state index in [9.17, 15) is 8.78 Å². The van der Waals surface area contributed by atoms with Gasteiger partial charge in [-0.15, -0.1) is 0 Å². The smallest absolute Gasteiger partial charge is 0.200 e. The van der Waals surface area contributed by atoms with E-state index in [4.69, 9.17) is 9.47 Å². The second kappa shape index (κ2) is 11.1. The topological polar surface area (TPSA) is 18.5 Å². The van der Waals surface area contributed by atoms with Crippen molar-refractivity contribution in [1.82, 2.24) is 0 Å². The summed E-state index contributed by atoms with van der Waals surface area (Å²) in [5, 5.41) is 0. The Morgan fingerprint density at radius 1 is 0.938 bits per heavy atom. The van der Waals surface area contributed by atoms with Gasteiger partial charge in [-0.1, -0.05) is 45.3 Å². The predicted octanol–water partition coefficient (Wildman–Crippen LogP) is 7.96. The maximum Gasteiger partial charge on any atom is 0.200 e. The monoisotopic (exact) mass is 446 g/mol. The number of halogens is 2. The highest BCUT2D eigenvalue weighted by molar-refractivity contribution is 5.33. The first-order valence-corrected chi connectivity index (χ1v) is 13.0. The molecule has 0 aromatic heterocycles. The fourth-order valence-electron chi connectivity index (χ4n) is 6.36. The zero-order chi connectivity index (χ0) is 22.5. The molecule has 0 bridgehead atoms. The molecule has 0 aliphatic heterocycles. The molecule has 3 atom stereocenters. The number of unbranched alkanes of at least 4 members (excludes halogenated alkanes) is 1. The molecule has 0 heterocycles. The van der Waals surface area contributed by atoms with Crippen LogP contribution < -0.4 is 4.74 Å². The quantitative estimate of drug-likeness (QED) is 0.268. The Kier molecular flexibility index (Phi) is 8.26. The molecule has 178 valence electrons. The van der Waals surface area contributed by atoms with Gasteiger partial charge in [0.1, 0.15) is 0 Å². The first kappa shape index (κ1) is 23.7. The summed E-state index contributed by atoms with van der Waals surface area (Å²) in [5.74, 6) is 1.05. The molecule has 0 N–H and O–H groups in total. The van der Waals surface area contributed by atoms with Crippen LogP contribution in [0.15, 0.2) is 23.8 Å². The molecular formula is C28H40F2O2. The number of rotatable bonds is 10. The summed E-state index contributed by atoms with van der Waals surface area (Å²) in [7, 11) is 0. The van der Waals surface area contributed by atoms with Crippen molar-refractivity contribution >= 4 is 0 Å². The Morgan fingerprint density at radius 2 is 1.75 bits per heavy atom. The van der Waals surface area contributed by atoms with Crippen LogP contribution in [0.4, 0.5) is 8.78 Å². The molecule has 4 heteroatoms. The third kappa shape index (κ3) is 5.21. The zero-order valence-electron chi connectivity index (χ0n) is 19.9. The van der Waals surface area contributed by atoms with Crippen molar-refractivity contribution in [2.75, 3.05) is 13.2 Å². The highest BCUT2D eigenvalue weighted by Gasteiger charge is 2.40. The van der Waals surface area contributed by atoms with E-state index >= 15 is 0 Å². The Hall–Kier alpha value is -1.42. The van der Waals surface area contributed by atoms with Gasteiger partial charge in [-0.3, -0.25) is 0 Å². The lowest BCUT2D eigenvalue weighted by Gasteiger charge is -2.30. The van der Waals surface area contributed by atoms with E-state index in [1.54, 1.807) is 12.1 Å². The minimum Gasteiger partial charge on any atom is -0.490 e. The SMILES string of the molecule is CCCCOc1ccc(C2CCC(OCC3=CCC4C(CCC)CCC34)CC2)c(F)c1F. The van der Waals surface area contributed by atoms with Crippen molar-refractivity contribution in [1.29, 1.82) is 0 Å². The molecule has 0 spiro atoms. The van der Waals surface area contributed by atoms with E-state index in [-0.39, 0.29) is 17.8 Å². The highest BCUT2D eigenvalue weighted by atomic mass is 19.2. The van der Waals surface area contributed by atoms with Gasteiger partial charge in [-0.2, -0.15) is 4.39 Å². The molecule has 3 aliphatic rings. The van der Waals surface area contributed by atoms with Crippen molar-refractivity contribution in [2.45, 2.75) is 96.5 Å². The molecule has 2 saturated carbocycles. The van der Waals surface area contributed by atoms with Crippen molar-refractivity contribution < 1.29 is 18.3 Å². The van der Waals surface area contributed by atoms with Crippen LogP contribution in [-0.4, -0.2) is 19.3 Å². The predicted molar refractivity (Wildman–Crippen MR) is 125 cm³/mol. The average molecular weight is 447 g/mol. The summed E-state index contributed by atoms with van der Waals surface area (Å²) in [6.07, 6.45) is 14.6. The molecule has 0 saturated heterocycles. The number of ether oxygens (including phenoxy) is 2. The number of hydrogen-bond acceptors (Lipinski definition) is 2. The summed E-state index contributed by atoms with van der Waals surface area (Å²) >= 11 is 0. The van der Waals surface area contributed by atoms with Gasteiger partial charge in [0.25, 0.3) is 0 Å². The Labute approximate surface area is 192 Å². The highest BCUT2D eigenvalue weighted by Crippen LogP contribution is 2.49. The van der Waals surface area contributed by atoms with Crippen LogP contribution in [0.25, 0.3) is 0 Å². The van der Waals surface area contributed by atoms with Crippen LogP contribution in [0.3, 0.4) is 0 Å². The van der Waals surface area contributed by atoms with Gasteiger partial charge in [-0.05, 0) is 92.2 Å². The second-order valence-electron chi connectivity index (χ2n) is 10.2. The molecule has 2 fully saturated rings. The van der Waals surface area contributed by atoms with Crippen LogP contribution in [-0.2, 0) is 4.74 Å². The maximum atomic E-state index is 14.7. The standard InChI is InChI=1S/C28H40F2O2/c1-3-5-17-31-26-16-15-25(27(29)28(26)30)20-7-11-22(12-8-20)32-18-21-10-14-23-19(6-4-2)9-13-24(21)23/h10,15-16,19-20,22-24H,3-9,11-14,17-18H2,1-2H3. The van der Waals surface area contributed by atoms with Crippen LogP contribution in [0, 0.1) is 29.4 Å². The Bertz CT molecular complexity index is 782. The number of allylic oxidation sites excluding steroid dienone is 1. The summed E-state index contributed by atoms with van der Waals surface area (Å²) in [6, 6.07) is 3.32. The van der Waals surface area contributed by atoms with Crippen molar-refractivity contribution in [3.05, 3.63) is 41.0 Å². The lowest BCUT2D eigenvalue weighted by Crippen LogP contribution is -2.23. The van der Waals surface area contributed by atoms with Gasteiger partial charge in [-0.25, -0.2) is 4.39 Å². The third-order valence-corrected chi connectivity index (χ3v) is 8.19. The number of hydrogen-bond donors (Lipinski definition) is 0. The summed E-state index contributed by atoms with van der Waals surface area (Å²) in [4.78, 5) is 0. The maximum absolute atomic E-state index is 14.7. The molecular weight excluding hydrogens is 406 g/mol. The van der Waals surface area contributed by atoms with Crippen LogP contribution >= 0.6 is 0 Å². The van der Waals surface area contributed by atoms with E-state index in [1.165, 1.54) is 37.7 Å². The van der Waals surface area contributed by atoms with E-state index in [0.29, 0.717) is 12.2 Å². The second-order valence-corrected chi connectivity index (χ2v) is 10.2. The zero-order valence-corrected chi connectivity index (χ0v) is 19.9. The first-order chi connectivity index (χ1) is 15.6. The molecule has 0 amide bonds. The van der Waals surface area contributed by atoms with Gasteiger partial charge in [0.05, 0.1) is 19.3 Å². The molecule has 1 aromatic carbocycles. The van der Waals surface area contributed by atoms with E-state index in [2.05, 4.69) is 13.0 Å². The molecule has 3 unspecified atom stereocenters. The number of benzene rings is 1. The van der Waals surface area contributed by atoms with Crippen LogP contribution in [0.5, 0.6) is 5.75 Å². The van der Waals surface area contributed by atoms with Gasteiger partial charge in [0.15, 0.2) is 11.6 Å². The summed E-state index contributed by atoms with van der Waals surface area (Å²) < 4.78 is 40.9. The fraction of sp³-hybridized carbons (Fsp3) is 0.714. The number of fused-ring (bicyclic) bond motifs is 1. The Morgan fingerprint density at radius 3 is 2.50 bits per heavy atom.